The maximum absolute atomic E-state index is 14.8. The Morgan fingerprint density at radius 2 is 1.24 bits per heavy atom. The first-order chi connectivity index (χ1) is 11.8. The lowest BCUT2D eigenvalue weighted by Gasteiger charge is -2.18. The van der Waals surface area contributed by atoms with Crippen molar-refractivity contribution in [3.63, 3.8) is 0 Å². The van der Waals surface area contributed by atoms with Crippen LogP contribution in [0.2, 0.25) is 0 Å². The number of alkyl halides is 2. The van der Waals surface area contributed by atoms with Gasteiger partial charge in [0.25, 0.3) is 5.92 Å². The molecular weight excluding hydrogens is 334 g/mol. The van der Waals surface area contributed by atoms with Gasteiger partial charge in [0.15, 0.2) is 11.6 Å². The van der Waals surface area contributed by atoms with E-state index in [0.717, 1.165) is 30.3 Å². The van der Waals surface area contributed by atoms with E-state index in [1.165, 1.54) is 6.07 Å². The van der Waals surface area contributed by atoms with E-state index in [-0.39, 0.29) is 28.7 Å². The van der Waals surface area contributed by atoms with E-state index in [9.17, 15) is 28.0 Å². The van der Waals surface area contributed by atoms with Gasteiger partial charge in [0.05, 0.1) is 17.5 Å². The number of benzene rings is 2. The van der Waals surface area contributed by atoms with Gasteiger partial charge in [-0.1, -0.05) is 18.2 Å². The highest BCUT2D eigenvalue weighted by atomic mass is 19.3. The second-order valence-electron chi connectivity index (χ2n) is 5.80. The van der Waals surface area contributed by atoms with Crippen molar-refractivity contribution in [3.05, 3.63) is 69.8 Å². The van der Waals surface area contributed by atoms with Gasteiger partial charge in [0.2, 0.25) is 0 Å². The minimum absolute atomic E-state index is 0.0297. The number of ether oxygens (including phenoxy) is 1. The maximum atomic E-state index is 14.8. The van der Waals surface area contributed by atoms with Gasteiger partial charge in [-0.05, 0) is 18.2 Å². The molecule has 0 unspecified atom stereocenters. The average molecular weight is 342 g/mol. The number of ketones is 2. The van der Waals surface area contributed by atoms with Crippen LogP contribution in [0.4, 0.5) is 8.78 Å². The van der Waals surface area contributed by atoms with Gasteiger partial charge in [-0.3, -0.25) is 9.59 Å². The first-order valence-corrected chi connectivity index (χ1v) is 7.29. The Morgan fingerprint density at radius 3 is 1.92 bits per heavy atom. The van der Waals surface area contributed by atoms with Crippen LogP contribution in [0.25, 0.3) is 0 Å². The third kappa shape index (κ3) is 2.12. The largest absolute Gasteiger partial charge is 0.386 e. The molecule has 0 fully saturated rings. The highest BCUT2D eigenvalue weighted by Gasteiger charge is 2.39. The van der Waals surface area contributed by atoms with Gasteiger partial charge in [-0.15, -0.1) is 0 Å². The Bertz CT molecular complexity index is 927. The Kier molecular flexibility index (Phi) is 3.00. The van der Waals surface area contributed by atoms with Crippen LogP contribution in [0.1, 0.15) is 59.0 Å². The molecule has 2 aromatic carbocycles. The third-order valence-corrected chi connectivity index (χ3v) is 4.31. The van der Waals surface area contributed by atoms with Crippen LogP contribution < -0.4 is 0 Å². The van der Waals surface area contributed by atoms with Crippen molar-refractivity contribution in [1.29, 1.82) is 0 Å². The van der Waals surface area contributed by atoms with Crippen LogP contribution in [0.3, 0.4) is 0 Å². The molecule has 25 heavy (non-hydrogen) atoms. The number of fused-ring (bicyclic) bond motifs is 2. The van der Waals surface area contributed by atoms with Crippen LogP contribution in [0.5, 0.6) is 0 Å². The summed E-state index contributed by atoms with van der Waals surface area (Å²) in [6.07, 6.45) is -0.322. The highest BCUT2D eigenvalue weighted by Crippen LogP contribution is 2.39. The van der Waals surface area contributed by atoms with E-state index >= 15 is 0 Å². The summed E-state index contributed by atoms with van der Waals surface area (Å²) in [7, 11) is 0. The highest BCUT2D eigenvalue weighted by molar-refractivity contribution is 6.24. The number of hydrogen-bond acceptors (Lipinski definition) is 5. The number of esters is 2. The fourth-order valence-corrected chi connectivity index (χ4v) is 3.00. The SMILES string of the molecule is O=C1CC(=O)c2cc(C(F)(F)c3ccc4c(c3)C(=O)OC4=O)ccc21. The third-order valence-electron chi connectivity index (χ3n) is 4.31. The predicted octanol–water partition coefficient (Wildman–Crippen LogP) is 2.91. The van der Waals surface area contributed by atoms with Crippen LogP contribution in [0, 0.1) is 0 Å². The molecule has 124 valence electrons. The first-order valence-electron chi connectivity index (χ1n) is 7.29. The smallest absolute Gasteiger partial charge is 0.346 e. The van der Waals surface area contributed by atoms with E-state index in [4.69, 9.17) is 0 Å². The Morgan fingerprint density at radius 1 is 0.720 bits per heavy atom. The van der Waals surface area contributed by atoms with Crippen LogP contribution in [0.15, 0.2) is 36.4 Å². The molecule has 0 aromatic heterocycles. The lowest BCUT2D eigenvalue weighted by atomic mass is 9.94. The first kappa shape index (κ1) is 15.3. The van der Waals surface area contributed by atoms with Crippen molar-refractivity contribution in [2.24, 2.45) is 0 Å². The number of hydrogen-bond donors (Lipinski definition) is 0. The van der Waals surface area contributed by atoms with Crippen molar-refractivity contribution in [2.75, 3.05) is 0 Å². The molecule has 0 atom stereocenters. The molecule has 1 heterocycles. The fourth-order valence-electron chi connectivity index (χ4n) is 3.00. The maximum Gasteiger partial charge on any atom is 0.346 e. The standard InChI is InChI=1S/C18H8F2O5/c19-18(20,8-1-3-10-12(5-8)15(22)7-14(10)21)9-2-4-11-13(6-9)17(24)25-16(11)23/h1-6H,7H2. The minimum atomic E-state index is -3.53. The predicted molar refractivity (Wildman–Crippen MR) is 78.9 cm³/mol. The normalized spacial score (nSPS) is 16.1. The zero-order valence-electron chi connectivity index (χ0n) is 12.5. The van der Waals surface area contributed by atoms with E-state index < -0.39 is 40.6 Å². The van der Waals surface area contributed by atoms with Crippen molar-refractivity contribution in [3.8, 4) is 0 Å². The Balaban J connectivity index is 1.81. The van der Waals surface area contributed by atoms with Gasteiger partial charge in [0, 0.05) is 22.3 Å². The van der Waals surface area contributed by atoms with Gasteiger partial charge in [0.1, 0.15) is 0 Å². The lowest BCUT2D eigenvalue weighted by molar-refractivity contribution is 0.0427. The van der Waals surface area contributed by atoms with Crippen LogP contribution in [-0.4, -0.2) is 23.5 Å². The van der Waals surface area contributed by atoms with Gasteiger partial charge < -0.3 is 4.74 Å². The van der Waals surface area contributed by atoms with Gasteiger partial charge >= 0.3 is 11.9 Å². The van der Waals surface area contributed by atoms with Crippen LogP contribution in [-0.2, 0) is 10.7 Å². The van der Waals surface area contributed by atoms with E-state index in [1.54, 1.807) is 0 Å². The summed E-state index contributed by atoms with van der Waals surface area (Å²) in [4.78, 5) is 46.3. The molecule has 0 saturated heterocycles. The monoisotopic (exact) mass is 342 g/mol. The molecule has 4 rings (SSSR count). The summed E-state index contributed by atoms with van der Waals surface area (Å²) in [6.45, 7) is 0. The zero-order valence-corrected chi connectivity index (χ0v) is 12.5. The molecule has 0 bridgehead atoms. The molecule has 0 spiro atoms. The average Bonchev–Trinajstić information content (AvgIpc) is 3.03. The lowest BCUT2D eigenvalue weighted by Crippen LogP contribution is -2.17. The van der Waals surface area contributed by atoms with Crippen molar-refractivity contribution in [1.82, 2.24) is 0 Å². The second kappa shape index (κ2) is 4.89. The zero-order chi connectivity index (χ0) is 17.9. The summed E-state index contributed by atoms with van der Waals surface area (Å²) >= 11 is 0. The summed E-state index contributed by atoms with van der Waals surface area (Å²) in [5.74, 6) is -6.28. The second-order valence-corrected chi connectivity index (χ2v) is 5.80. The molecule has 1 aliphatic carbocycles. The van der Waals surface area contributed by atoms with Crippen molar-refractivity contribution in [2.45, 2.75) is 12.3 Å². The van der Waals surface area contributed by atoms with E-state index in [1.807, 2.05) is 0 Å². The molecule has 0 radical (unpaired) electrons. The fraction of sp³-hybridized carbons (Fsp3) is 0.111. The van der Waals surface area contributed by atoms with Crippen molar-refractivity contribution < 1.29 is 32.7 Å². The summed E-state index contributed by atoms with van der Waals surface area (Å²) in [5.41, 5.74) is -1.19. The van der Waals surface area contributed by atoms with E-state index in [2.05, 4.69) is 4.74 Å². The molecule has 0 saturated carbocycles. The number of carbonyl (C=O) groups is 4. The molecule has 7 heteroatoms. The Labute approximate surface area is 139 Å². The van der Waals surface area contributed by atoms with Gasteiger partial charge in [-0.25, -0.2) is 9.59 Å². The Hall–Kier alpha value is -3.22. The molecule has 2 aromatic rings. The van der Waals surface area contributed by atoms with E-state index in [0.29, 0.717) is 0 Å². The summed E-state index contributed by atoms with van der Waals surface area (Å²) < 4.78 is 34.1. The number of cyclic esters (lactones) is 2. The minimum Gasteiger partial charge on any atom is -0.386 e. The topological polar surface area (TPSA) is 77.5 Å². The summed E-state index contributed by atoms with van der Waals surface area (Å²) in [5, 5.41) is 0. The van der Waals surface area contributed by atoms with Crippen molar-refractivity contribution >= 4 is 23.5 Å². The summed E-state index contributed by atoms with van der Waals surface area (Å²) in [6, 6.07) is 6.32. The molecule has 0 N–H and O–H groups in total. The van der Waals surface area contributed by atoms with Crippen LogP contribution >= 0.6 is 0 Å². The molecular formula is C18H8F2O5. The number of halogens is 2. The number of Topliss-reactive ketones (excluding diaryl/α,β-unsaturated/α-hetero) is 2. The van der Waals surface area contributed by atoms with Gasteiger partial charge in [-0.2, -0.15) is 8.78 Å². The molecule has 5 nitrogen and oxygen atoms in total. The number of carbonyl (C=O) groups excluding carboxylic acids is 4. The molecule has 1 aliphatic heterocycles. The molecule has 2 aliphatic rings. The molecule has 0 amide bonds. The number of rotatable bonds is 2. The quantitative estimate of drug-likeness (QED) is 0.619.